The van der Waals surface area contributed by atoms with E-state index in [9.17, 15) is 4.79 Å². The van der Waals surface area contributed by atoms with Gasteiger partial charge in [0.2, 0.25) is 5.78 Å². The number of ketones is 1. The van der Waals surface area contributed by atoms with Gasteiger partial charge in [-0.1, -0.05) is 28.1 Å². The molecule has 0 unspecified atom stereocenters. The van der Waals surface area contributed by atoms with Gasteiger partial charge in [-0.05, 0) is 23.6 Å². The van der Waals surface area contributed by atoms with Crippen molar-refractivity contribution in [3.63, 3.8) is 0 Å². The van der Waals surface area contributed by atoms with E-state index in [0.29, 0.717) is 0 Å². The van der Waals surface area contributed by atoms with Gasteiger partial charge in [0.05, 0.1) is 4.88 Å². The maximum absolute atomic E-state index is 12.3. The van der Waals surface area contributed by atoms with Crippen LogP contribution in [0.4, 0.5) is 0 Å². The maximum Gasteiger partial charge on any atom is 0.205 e. The Hall–Kier alpha value is -1.39. The number of carbonyl (C=O) groups is 1. The van der Waals surface area contributed by atoms with E-state index in [4.69, 9.17) is 0 Å². The summed E-state index contributed by atoms with van der Waals surface area (Å²) in [6.07, 6.45) is 1.78. The van der Waals surface area contributed by atoms with Crippen molar-refractivity contribution in [3.05, 3.63) is 56.8 Å². The highest BCUT2D eigenvalue weighted by Crippen LogP contribution is 2.29. The number of fused-ring (bicyclic) bond motifs is 1. The molecule has 2 nitrogen and oxygen atoms in total. The van der Waals surface area contributed by atoms with E-state index in [1.165, 1.54) is 11.3 Å². The van der Waals surface area contributed by atoms with Crippen LogP contribution in [0.15, 0.2) is 46.4 Å². The number of hydrogen-bond acceptors (Lipinski definition) is 2. The molecule has 1 aromatic carbocycles. The quantitative estimate of drug-likeness (QED) is 0.706. The third-order valence-electron chi connectivity index (χ3n) is 2.64. The number of benzene rings is 1. The first-order valence-electron chi connectivity index (χ1n) is 5.11. The summed E-state index contributed by atoms with van der Waals surface area (Å²) in [7, 11) is 0. The van der Waals surface area contributed by atoms with Crippen LogP contribution < -0.4 is 0 Å². The largest absolute Gasteiger partial charge is 0.360 e. The van der Waals surface area contributed by atoms with Crippen LogP contribution in [-0.4, -0.2) is 10.8 Å². The highest BCUT2D eigenvalue weighted by atomic mass is 79.9. The molecule has 0 spiro atoms. The number of aromatic amines is 1. The van der Waals surface area contributed by atoms with Gasteiger partial charge in [-0.15, -0.1) is 11.3 Å². The average molecular weight is 306 g/mol. The monoisotopic (exact) mass is 305 g/mol. The summed E-state index contributed by atoms with van der Waals surface area (Å²) in [6, 6.07) is 9.60. The molecule has 0 fully saturated rings. The summed E-state index contributed by atoms with van der Waals surface area (Å²) < 4.78 is 0.941. The van der Waals surface area contributed by atoms with Gasteiger partial charge < -0.3 is 4.98 Å². The molecule has 0 saturated carbocycles. The topological polar surface area (TPSA) is 32.9 Å². The molecule has 0 bridgehead atoms. The Balaban J connectivity index is 2.22. The summed E-state index contributed by atoms with van der Waals surface area (Å²) in [5, 5.41) is 2.86. The van der Waals surface area contributed by atoms with Gasteiger partial charge in [-0.3, -0.25) is 4.79 Å². The van der Waals surface area contributed by atoms with Crippen molar-refractivity contribution in [1.29, 1.82) is 0 Å². The van der Waals surface area contributed by atoms with E-state index in [-0.39, 0.29) is 5.78 Å². The van der Waals surface area contributed by atoms with Crippen molar-refractivity contribution < 1.29 is 4.79 Å². The fourth-order valence-electron chi connectivity index (χ4n) is 1.86. The molecule has 0 radical (unpaired) electrons. The van der Waals surface area contributed by atoms with Crippen LogP contribution in [0.2, 0.25) is 0 Å². The second-order valence-corrected chi connectivity index (χ2v) is 5.47. The van der Waals surface area contributed by atoms with Crippen LogP contribution in [0.25, 0.3) is 10.9 Å². The zero-order chi connectivity index (χ0) is 11.8. The predicted octanol–water partition coefficient (Wildman–Crippen LogP) is 4.22. The van der Waals surface area contributed by atoms with Crippen LogP contribution in [0, 0.1) is 0 Å². The number of carbonyl (C=O) groups excluding carboxylic acids is 1. The number of H-pyrrole nitrogens is 1. The summed E-state index contributed by atoms with van der Waals surface area (Å²) in [6.45, 7) is 0. The van der Waals surface area contributed by atoms with Crippen LogP contribution >= 0.6 is 27.3 Å². The molecule has 0 amide bonds. The number of nitrogens with one attached hydrogen (secondary N) is 1. The summed E-state index contributed by atoms with van der Waals surface area (Å²) in [5.41, 5.74) is 1.69. The highest BCUT2D eigenvalue weighted by molar-refractivity contribution is 9.10. The van der Waals surface area contributed by atoms with E-state index < -0.39 is 0 Å². The SMILES string of the molecule is O=C(c1cccs1)c1c[nH]c2cccc(Br)c12. The third-order valence-corrected chi connectivity index (χ3v) is 4.17. The molecule has 0 aliphatic rings. The molecule has 2 heterocycles. The molecule has 4 heteroatoms. The van der Waals surface area contributed by atoms with Crippen molar-refractivity contribution in [1.82, 2.24) is 4.98 Å². The van der Waals surface area contributed by atoms with Crippen LogP contribution in [0.3, 0.4) is 0 Å². The van der Waals surface area contributed by atoms with Crippen LogP contribution in [-0.2, 0) is 0 Å². The Morgan fingerprint density at radius 2 is 2.12 bits per heavy atom. The first-order valence-corrected chi connectivity index (χ1v) is 6.78. The smallest absolute Gasteiger partial charge is 0.205 e. The number of thiophene rings is 1. The van der Waals surface area contributed by atoms with Crippen molar-refractivity contribution in [2.45, 2.75) is 0 Å². The minimum absolute atomic E-state index is 0.0677. The van der Waals surface area contributed by atoms with Crippen molar-refractivity contribution >= 4 is 44.0 Å². The van der Waals surface area contributed by atoms with Gasteiger partial charge in [0, 0.05) is 27.1 Å². The van der Waals surface area contributed by atoms with Crippen molar-refractivity contribution in [2.75, 3.05) is 0 Å². The molecule has 2 aromatic heterocycles. The zero-order valence-corrected chi connectivity index (χ0v) is 11.1. The second-order valence-electron chi connectivity index (χ2n) is 3.67. The molecule has 0 aliphatic heterocycles. The molecule has 0 aliphatic carbocycles. The molecule has 3 rings (SSSR count). The Bertz CT molecular complexity index is 685. The molecule has 84 valence electrons. The molecular formula is C13H8BrNOS. The van der Waals surface area contributed by atoms with Crippen LogP contribution in [0.1, 0.15) is 15.2 Å². The Morgan fingerprint density at radius 3 is 2.88 bits per heavy atom. The summed E-state index contributed by atoms with van der Waals surface area (Å²) in [4.78, 5) is 16.2. The van der Waals surface area contributed by atoms with Crippen LogP contribution in [0.5, 0.6) is 0 Å². The van der Waals surface area contributed by atoms with Gasteiger partial charge in [0.1, 0.15) is 0 Å². The lowest BCUT2D eigenvalue weighted by atomic mass is 10.1. The standard InChI is InChI=1S/C13H8BrNOS/c14-9-3-1-4-10-12(9)8(7-15-10)13(16)11-5-2-6-17-11/h1-7,15H. The lowest BCUT2D eigenvalue weighted by Crippen LogP contribution is -1.97. The first kappa shape index (κ1) is 10.7. The van der Waals surface area contributed by atoms with Gasteiger partial charge in [-0.2, -0.15) is 0 Å². The van der Waals surface area contributed by atoms with Crippen molar-refractivity contribution in [2.24, 2.45) is 0 Å². The minimum Gasteiger partial charge on any atom is -0.360 e. The number of halogens is 1. The number of aromatic nitrogens is 1. The zero-order valence-electron chi connectivity index (χ0n) is 8.74. The summed E-state index contributed by atoms with van der Waals surface area (Å²) >= 11 is 4.95. The molecule has 17 heavy (non-hydrogen) atoms. The Labute approximate surface area is 110 Å². The lowest BCUT2D eigenvalue weighted by molar-refractivity contribution is 0.104. The first-order chi connectivity index (χ1) is 8.27. The lowest BCUT2D eigenvalue weighted by Gasteiger charge is -1.98. The number of rotatable bonds is 2. The van der Waals surface area contributed by atoms with E-state index in [2.05, 4.69) is 20.9 Å². The molecule has 1 N–H and O–H groups in total. The Morgan fingerprint density at radius 1 is 1.24 bits per heavy atom. The number of hydrogen-bond donors (Lipinski definition) is 1. The predicted molar refractivity (Wildman–Crippen MR) is 73.8 cm³/mol. The van der Waals surface area contributed by atoms with E-state index in [1.807, 2.05) is 35.7 Å². The average Bonchev–Trinajstić information content (AvgIpc) is 2.98. The van der Waals surface area contributed by atoms with E-state index in [1.54, 1.807) is 6.20 Å². The summed E-state index contributed by atoms with van der Waals surface area (Å²) in [5.74, 6) is 0.0677. The van der Waals surface area contributed by atoms with Gasteiger partial charge in [-0.25, -0.2) is 0 Å². The van der Waals surface area contributed by atoms with E-state index >= 15 is 0 Å². The normalized spacial score (nSPS) is 10.9. The molecule has 0 atom stereocenters. The van der Waals surface area contributed by atoms with Gasteiger partial charge >= 0.3 is 0 Å². The van der Waals surface area contributed by atoms with Crippen molar-refractivity contribution in [3.8, 4) is 0 Å². The minimum atomic E-state index is 0.0677. The fraction of sp³-hybridized carbons (Fsp3) is 0. The fourth-order valence-corrected chi connectivity index (χ4v) is 3.12. The molecule has 0 saturated heterocycles. The maximum atomic E-state index is 12.3. The third kappa shape index (κ3) is 1.73. The van der Waals surface area contributed by atoms with Gasteiger partial charge in [0.15, 0.2) is 0 Å². The molecule has 3 aromatic rings. The Kier molecular flexibility index (Phi) is 2.61. The van der Waals surface area contributed by atoms with Gasteiger partial charge in [0.25, 0.3) is 0 Å². The highest BCUT2D eigenvalue weighted by Gasteiger charge is 2.16. The second kappa shape index (κ2) is 4.13. The van der Waals surface area contributed by atoms with E-state index in [0.717, 1.165) is 25.8 Å². The molecular weight excluding hydrogens is 298 g/mol.